The van der Waals surface area contributed by atoms with Crippen LogP contribution in [0.1, 0.15) is 19.3 Å². The Morgan fingerprint density at radius 1 is 1.26 bits per heavy atom. The van der Waals surface area contributed by atoms with E-state index in [0.717, 1.165) is 12.8 Å². The van der Waals surface area contributed by atoms with E-state index in [1.54, 1.807) is 18.2 Å². The molecule has 2 aliphatic heterocycles. The summed E-state index contributed by atoms with van der Waals surface area (Å²) in [6, 6.07) is 5.26. The van der Waals surface area contributed by atoms with Crippen molar-refractivity contribution in [2.24, 2.45) is 5.92 Å². The minimum atomic E-state index is -0.361. The molecule has 5 nitrogen and oxygen atoms in total. The van der Waals surface area contributed by atoms with Gasteiger partial charge in [0.05, 0.1) is 21.7 Å². The van der Waals surface area contributed by atoms with E-state index < -0.39 is 0 Å². The van der Waals surface area contributed by atoms with Gasteiger partial charge in [-0.2, -0.15) is 0 Å². The van der Waals surface area contributed by atoms with Gasteiger partial charge < -0.3 is 15.0 Å². The maximum absolute atomic E-state index is 12.4. The monoisotopic (exact) mass is 356 g/mol. The Bertz CT molecular complexity index is 617. The van der Waals surface area contributed by atoms with Crippen LogP contribution in [-0.2, 0) is 14.3 Å². The third-order valence-corrected chi connectivity index (χ3v) is 5.19. The molecule has 23 heavy (non-hydrogen) atoms. The molecular weight excluding hydrogens is 339 g/mol. The van der Waals surface area contributed by atoms with Crippen molar-refractivity contribution >= 4 is 40.7 Å². The van der Waals surface area contributed by atoms with Crippen LogP contribution in [0.15, 0.2) is 18.2 Å². The molecule has 0 bridgehead atoms. The highest BCUT2D eigenvalue weighted by Gasteiger charge is 2.38. The number of hydrogen-bond acceptors (Lipinski definition) is 3. The zero-order chi connectivity index (χ0) is 16.4. The van der Waals surface area contributed by atoms with Crippen molar-refractivity contribution in [1.82, 2.24) is 4.90 Å². The van der Waals surface area contributed by atoms with E-state index in [1.807, 2.05) is 4.90 Å². The first-order chi connectivity index (χ1) is 11.1. The Kier molecular flexibility index (Phi) is 5.09. The number of rotatable bonds is 3. The molecule has 1 N–H and O–H groups in total. The maximum atomic E-state index is 12.4. The molecule has 7 heteroatoms. The molecule has 2 saturated heterocycles. The van der Waals surface area contributed by atoms with Crippen LogP contribution in [-0.4, -0.2) is 42.5 Å². The summed E-state index contributed by atoms with van der Waals surface area (Å²) in [5.74, 6) is -0.522. The summed E-state index contributed by atoms with van der Waals surface area (Å²) in [6.45, 7) is 1.79. The molecule has 1 unspecified atom stereocenters. The number of nitrogens with one attached hydrogen (secondary N) is 1. The average Bonchev–Trinajstić information content (AvgIpc) is 2.95. The van der Waals surface area contributed by atoms with Crippen molar-refractivity contribution < 1.29 is 14.3 Å². The summed E-state index contributed by atoms with van der Waals surface area (Å²) in [5, 5.41) is 3.48. The normalized spacial score (nSPS) is 22.4. The van der Waals surface area contributed by atoms with Crippen LogP contribution in [0.3, 0.4) is 0 Å². The van der Waals surface area contributed by atoms with Gasteiger partial charge in [0.15, 0.2) is 0 Å². The van der Waals surface area contributed by atoms with Gasteiger partial charge in [-0.3, -0.25) is 9.59 Å². The fourth-order valence-corrected chi connectivity index (χ4v) is 3.44. The zero-order valence-electron chi connectivity index (χ0n) is 12.6. The van der Waals surface area contributed by atoms with E-state index in [2.05, 4.69) is 5.32 Å². The summed E-state index contributed by atoms with van der Waals surface area (Å²) >= 11 is 12.0. The average molecular weight is 357 g/mol. The zero-order valence-corrected chi connectivity index (χ0v) is 14.1. The van der Waals surface area contributed by atoms with E-state index in [1.165, 1.54) is 0 Å². The number of benzene rings is 1. The smallest absolute Gasteiger partial charge is 0.229 e. The first-order valence-corrected chi connectivity index (χ1v) is 8.44. The number of carbonyl (C=O) groups excluding carboxylic acids is 2. The number of carbonyl (C=O) groups is 2. The van der Waals surface area contributed by atoms with E-state index >= 15 is 0 Å². The molecule has 0 aromatic heterocycles. The summed E-state index contributed by atoms with van der Waals surface area (Å²) < 4.78 is 5.33. The Hall–Kier alpha value is -1.30. The van der Waals surface area contributed by atoms with Crippen molar-refractivity contribution in [3.05, 3.63) is 28.2 Å². The lowest BCUT2D eigenvalue weighted by Gasteiger charge is -2.31. The Morgan fingerprint density at radius 3 is 2.74 bits per heavy atom. The van der Waals surface area contributed by atoms with E-state index in [4.69, 9.17) is 27.9 Å². The van der Waals surface area contributed by atoms with E-state index in [9.17, 15) is 9.59 Å². The fourth-order valence-electron chi connectivity index (χ4n) is 3.09. The van der Waals surface area contributed by atoms with Crippen LogP contribution in [0, 0.1) is 5.92 Å². The van der Waals surface area contributed by atoms with E-state index in [-0.39, 0.29) is 30.2 Å². The predicted octanol–water partition coefficient (Wildman–Crippen LogP) is 2.96. The minimum Gasteiger partial charge on any atom is -0.381 e. The minimum absolute atomic E-state index is 0.0363. The molecular formula is C16H18Cl2N2O3. The standard InChI is InChI=1S/C16H18Cl2N2O3/c17-12-2-1-3-13(15(12)18)19-16(22)10-8-14(21)20(9-10)11-4-6-23-7-5-11/h1-3,10-11H,4-9H2,(H,19,22). The topological polar surface area (TPSA) is 58.6 Å². The van der Waals surface area contributed by atoms with Gasteiger partial charge in [-0.05, 0) is 25.0 Å². The van der Waals surface area contributed by atoms with Crippen LogP contribution in [0.4, 0.5) is 5.69 Å². The number of nitrogens with zero attached hydrogens (tertiary/aromatic N) is 1. The van der Waals surface area contributed by atoms with Crippen molar-refractivity contribution in [2.75, 3.05) is 25.1 Å². The third kappa shape index (κ3) is 3.62. The van der Waals surface area contributed by atoms with Gasteiger partial charge >= 0.3 is 0 Å². The summed E-state index contributed by atoms with van der Waals surface area (Å²) in [6.07, 6.45) is 1.90. The van der Waals surface area contributed by atoms with Crippen LogP contribution in [0.25, 0.3) is 0 Å². The van der Waals surface area contributed by atoms with E-state index in [0.29, 0.717) is 35.5 Å². The molecule has 1 atom stereocenters. The first kappa shape index (κ1) is 16.6. The number of ether oxygens (including phenoxy) is 1. The van der Waals surface area contributed by atoms with Gasteiger partial charge in [-0.25, -0.2) is 0 Å². The van der Waals surface area contributed by atoms with Gasteiger partial charge in [0, 0.05) is 32.2 Å². The maximum Gasteiger partial charge on any atom is 0.229 e. The highest BCUT2D eigenvalue weighted by Crippen LogP contribution is 2.31. The lowest BCUT2D eigenvalue weighted by Crippen LogP contribution is -2.41. The van der Waals surface area contributed by atoms with Gasteiger partial charge in [-0.1, -0.05) is 29.3 Å². The number of halogens is 2. The fraction of sp³-hybridized carbons (Fsp3) is 0.500. The summed E-state index contributed by atoms with van der Waals surface area (Å²) in [7, 11) is 0. The lowest BCUT2D eigenvalue weighted by atomic mass is 10.1. The van der Waals surface area contributed by atoms with Gasteiger partial charge in [0.25, 0.3) is 0 Å². The molecule has 2 amide bonds. The first-order valence-electron chi connectivity index (χ1n) is 7.68. The van der Waals surface area contributed by atoms with Gasteiger partial charge in [0.2, 0.25) is 11.8 Å². The Morgan fingerprint density at radius 2 is 2.00 bits per heavy atom. The van der Waals surface area contributed by atoms with Gasteiger partial charge in [-0.15, -0.1) is 0 Å². The predicted molar refractivity (Wildman–Crippen MR) is 88.8 cm³/mol. The highest BCUT2D eigenvalue weighted by atomic mass is 35.5. The van der Waals surface area contributed by atoms with Crippen molar-refractivity contribution in [2.45, 2.75) is 25.3 Å². The summed E-state index contributed by atoms with van der Waals surface area (Å²) in [5.41, 5.74) is 0.473. The number of anilines is 1. The molecule has 0 saturated carbocycles. The number of amides is 2. The molecule has 0 spiro atoms. The second-order valence-corrected chi connectivity index (χ2v) is 6.67. The Labute approximate surface area is 144 Å². The highest BCUT2D eigenvalue weighted by molar-refractivity contribution is 6.44. The molecule has 0 aliphatic carbocycles. The quantitative estimate of drug-likeness (QED) is 0.905. The van der Waals surface area contributed by atoms with Crippen LogP contribution in [0.5, 0.6) is 0 Å². The number of hydrogen-bond donors (Lipinski definition) is 1. The second-order valence-electron chi connectivity index (χ2n) is 5.88. The van der Waals surface area contributed by atoms with Gasteiger partial charge in [0.1, 0.15) is 0 Å². The second kappa shape index (κ2) is 7.07. The van der Waals surface area contributed by atoms with Crippen molar-refractivity contribution in [3.63, 3.8) is 0 Å². The van der Waals surface area contributed by atoms with Crippen LogP contribution < -0.4 is 5.32 Å². The van der Waals surface area contributed by atoms with Crippen molar-refractivity contribution in [1.29, 1.82) is 0 Å². The molecule has 1 aromatic rings. The molecule has 2 heterocycles. The number of likely N-dealkylation sites (tertiary alicyclic amines) is 1. The molecule has 2 fully saturated rings. The van der Waals surface area contributed by atoms with Crippen LogP contribution in [0.2, 0.25) is 10.0 Å². The molecule has 0 radical (unpaired) electrons. The molecule has 2 aliphatic rings. The van der Waals surface area contributed by atoms with Crippen molar-refractivity contribution in [3.8, 4) is 0 Å². The molecule has 124 valence electrons. The third-order valence-electron chi connectivity index (χ3n) is 4.37. The largest absolute Gasteiger partial charge is 0.381 e. The lowest BCUT2D eigenvalue weighted by molar-refractivity contribution is -0.131. The SMILES string of the molecule is O=C(Nc1cccc(Cl)c1Cl)C1CC(=O)N(C2CCOCC2)C1. The summed E-state index contributed by atoms with van der Waals surface area (Å²) in [4.78, 5) is 26.5. The van der Waals surface area contributed by atoms with Crippen LogP contribution >= 0.6 is 23.2 Å². The Balaban J connectivity index is 1.64. The molecule has 3 rings (SSSR count). The molecule has 1 aromatic carbocycles.